The minimum atomic E-state index is 0.123. The quantitative estimate of drug-likeness (QED) is 0.673. The summed E-state index contributed by atoms with van der Waals surface area (Å²) in [6, 6.07) is 3.68. The van der Waals surface area contributed by atoms with Crippen molar-refractivity contribution < 1.29 is 4.79 Å². The van der Waals surface area contributed by atoms with Crippen molar-refractivity contribution in [2.24, 2.45) is 11.8 Å². The van der Waals surface area contributed by atoms with Crippen molar-refractivity contribution in [2.45, 2.75) is 39.5 Å². The third-order valence-electron chi connectivity index (χ3n) is 3.93. The Morgan fingerprint density at radius 1 is 1.11 bits per heavy atom. The molecule has 0 heterocycles. The molecule has 0 aliphatic heterocycles. The number of hydrogen-bond acceptors (Lipinski definition) is 1. The Morgan fingerprint density at radius 2 is 1.72 bits per heavy atom. The van der Waals surface area contributed by atoms with E-state index in [4.69, 9.17) is 23.2 Å². The lowest BCUT2D eigenvalue weighted by Gasteiger charge is -2.25. The van der Waals surface area contributed by atoms with Crippen molar-refractivity contribution in [1.29, 1.82) is 0 Å². The van der Waals surface area contributed by atoms with Crippen LogP contribution in [0.15, 0.2) is 12.1 Å². The average Bonchev–Trinajstić information content (AvgIpc) is 2.36. The van der Waals surface area contributed by atoms with Gasteiger partial charge < -0.3 is 0 Å². The van der Waals surface area contributed by atoms with E-state index in [-0.39, 0.29) is 11.7 Å². The molecule has 1 saturated carbocycles. The summed E-state index contributed by atoms with van der Waals surface area (Å²) in [4.78, 5) is 12.4. The molecule has 1 aliphatic rings. The molecular weight excluding hydrogens is 267 g/mol. The molecule has 1 aromatic carbocycles. The molecule has 0 atom stereocenters. The Morgan fingerprint density at radius 3 is 2.33 bits per heavy atom. The van der Waals surface area contributed by atoms with E-state index in [1.54, 1.807) is 0 Å². The van der Waals surface area contributed by atoms with Gasteiger partial charge in [-0.15, -0.1) is 0 Å². The summed E-state index contributed by atoms with van der Waals surface area (Å²) in [6.07, 6.45) is 4.21. The predicted molar refractivity (Wildman–Crippen MR) is 76.7 cm³/mol. The maximum atomic E-state index is 12.4. The highest BCUT2D eigenvalue weighted by molar-refractivity contribution is 6.44. The van der Waals surface area contributed by atoms with Crippen molar-refractivity contribution in [3.8, 4) is 0 Å². The van der Waals surface area contributed by atoms with Crippen molar-refractivity contribution in [1.82, 2.24) is 0 Å². The van der Waals surface area contributed by atoms with Crippen LogP contribution in [-0.4, -0.2) is 5.78 Å². The van der Waals surface area contributed by atoms with Crippen LogP contribution >= 0.6 is 23.2 Å². The zero-order chi connectivity index (χ0) is 13.3. The second-order valence-electron chi connectivity index (χ2n) is 5.38. The third-order valence-corrected chi connectivity index (χ3v) is 4.90. The van der Waals surface area contributed by atoms with E-state index < -0.39 is 0 Å². The summed E-state index contributed by atoms with van der Waals surface area (Å²) < 4.78 is 0. The van der Waals surface area contributed by atoms with Crippen LogP contribution in [0.5, 0.6) is 0 Å². The van der Waals surface area contributed by atoms with E-state index >= 15 is 0 Å². The lowest BCUT2D eigenvalue weighted by Crippen LogP contribution is -2.21. The van der Waals surface area contributed by atoms with Crippen LogP contribution < -0.4 is 0 Å². The van der Waals surface area contributed by atoms with Crippen molar-refractivity contribution >= 4 is 29.0 Å². The lowest BCUT2D eigenvalue weighted by atomic mass is 9.79. The van der Waals surface area contributed by atoms with Crippen LogP contribution in [0.3, 0.4) is 0 Å². The Balaban J connectivity index is 2.21. The summed E-state index contributed by atoms with van der Waals surface area (Å²) >= 11 is 12.3. The van der Waals surface area contributed by atoms with Gasteiger partial charge in [-0.1, -0.05) is 49.0 Å². The van der Waals surface area contributed by atoms with Crippen molar-refractivity contribution in [2.75, 3.05) is 0 Å². The van der Waals surface area contributed by atoms with E-state index in [1.165, 1.54) is 0 Å². The summed E-state index contributed by atoms with van der Waals surface area (Å²) in [5.41, 5.74) is 1.50. The van der Waals surface area contributed by atoms with Gasteiger partial charge in [-0.2, -0.15) is 0 Å². The molecule has 0 amide bonds. The number of carbonyl (C=O) groups is 1. The number of carbonyl (C=O) groups excluding carboxylic acids is 1. The summed E-state index contributed by atoms with van der Waals surface area (Å²) in [5, 5.41) is 0.923. The molecule has 18 heavy (non-hydrogen) atoms. The standard InChI is InChI=1S/C15H18Cl2O/c1-9-3-6-11(7-4-9)15(18)12-8-5-10(2)13(16)14(12)17/h5,8-9,11H,3-4,6-7H2,1-2H3. The number of benzene rings is 1. The summed E-state index contributed by atoms with van der Waals surface area (Å²) in [6.45, 7) is 4.14. The average molecular weight is 285 g/mol. The number of Topliss-reactive ketones (excluding diaryl/α,β-unsaturated/α-hetero) is 1. The Bertz CT molecular complexity index is 460. The van der Waals surface area contributed by atoms with Gasteiger partial charge in [0, 0.05) is 11.5 Å². The van der Waals surface area contributed by atoms with E-state index in [0.717, 1.165) is 37.2 Å². The Hall–Kier alpha value is -0.530. The molecule has 0 radical (unpaired) electrons. The fourth-order valence-corrected chi connectivity index (χ4v) is 3.05. The highest BCUT2D eigenvalue weighted by Gasteiger charge is 2.27. The second-order valence-corrected chi connectivity index (χ2v) is 6.13. The van der Waals surface area contributed by atoms with Gasteiger partial charge in [0.05, 0.1) is 10.0 Å². The van der Waals surface area contributed by atoms with E-state index in [2.05, 4.69) is 6.92 Å². The maximum Gasteiger partial charge on any atom is 0.167 e. The minimum absolute atomic E-state index is 0.123. The molecule has 0 saturated heterocycles. The third kappa shape index (κ3) is 2.73. The molecule has 1 nitrogen and oxygen atoms in total. The highest BCUT2D eigenvalue weighted by atomic mass is 35.5. The molecule has 1 aliphatic carbocycles. The molecule has 0 aromatic heterocycles. The number of halogens is 2. The zero-order valence-corrected chi connectivity index (χ0v) is 12.3. The molecule has 0 spiro atoms. The number of aryl methyl sites for hydroxylation is 1. The molecule has 0 unspecified atom stereocenters. The smallest absolute Gasteiger partial charge is 0.167 e. The first kappa shape index (κ1) is 13.9. The Labute approximate surface area is 118 Å². The number of hydrogen-bond donors (Lipinski definition) is 0. The molecule has 1 aromatic rings. The predicted octanol–water partition coefficient (Wildman–Crippen LogP) is 5.31. The van der Waals surface area contributed by atoms with Gasteiger partial charge in [0.1, 0.15) is 0 Å². The molecule has 0 bridgehead atoms. The summed E-state index contributed by atoms with van der Waals surface area (Å²) in [5.74, 6) is 1.03. The van der Waals surface area contributed by atoms with E-state index in [9.17, 15) is 4.79 Å². The second kappa shape index (κ2) is 5.63. The number of rotatable bonds is 2. The normalized spacial score (nSPS) is 24.0. The first-order valence-electron chi connectivity index (χ1n) is 6.49. The fraction of sp³-hybridized carbons (Fsp3) is 0.533. The van der Waals surface area contributed by atoms with Crippen molar-refractivity contribution in [3.05, 3.63) is 33.3 Å². The van der Waals surface area contributed by atoms with E-state index in [0.29, 0.717) is 15.6 Å². The summed E-state index contributed by atoms with van der Waals surface area (Å²) in [7, 11) is 0. The van der Waals surface area contributed by atoms with Gasteiger partial charge in [0.15, 0.2) is 5.78 Å². The van der Waals surface area contributed by atoms with Gasteiger partial charge >= 0.3 is 0 Å². The maximum absolute atomic E-state index is 12.4. The molecule has 0 N–H and O–H groups in total. The van der Waals surface area contributed by atoms with Crippen LogP contribution in [0, 0.1) is 18.8 Å². The van der Waals surface area contributed by atoms with Gasteiger partial charge in [0.2, 0.25) is 0 Å². The molecule has 3 heteroatoms. The van der Waals surface area contributed by atoms with Crippen LogP contribution in [0.1, 0.15) is 48.5 Å². The topological polar surface area (TPSA) is 17.1 Å². The first-order chi connectivity index (χ1) is 8.50. The van der Waals surface area contributed by atoms with Gasteiger partial charge in [-0.05, 0) is 37.3 Å². The van der Waals surface area contributed by atoms with E-state index in [1.807, 2.05) is 19.1 Å². The van der Waals surface area contributed by atoms with Crippen molar-refractivity contribution in [3.63, 3.8) is 0 Å². The minimum Gasteiger partial charge on any atom is -0.294 e. The van der Waals surface area contributed by atoms with Crippen LogP contribution in [-0.2, 0) is 0 Å². The number of ketones is 1. The van der Waals surface area contributed by atoms with Crippen LogP contribution in [0.4, 0.5) is 0 Å². The highest BCUT2D eigenvalue weighted by Crippen LogP contribution is 2.35. The monoisotopic (exact) mass is 284 g/mol. The largest absolute Gasteiger partial charge is 0.294 e. The Kier molecular flexibility index (Phi) is 4.34. The van der Waals surface area contributed by atoms with Gasteiger partial charge in [-0.3, -0.25) is 4.79 Å². The fourth-order valence-electron chi connectivity index (χ4n) is 2.58. The molecule has 2 rings (SSSR count). The zero-order valence-electron chi connectivity index (χ0n) is 10.8. The molecule has 98 valence electrons. The molecule has 1 fully saturated rings. The SMILES string of the molecule is Cc1ccc(C(=O)C2CCC(C)CC2)c(Cl)c1Cl. The first-order valence-corrected chi connectivity index (χ1v) is 7.25. The van der Waals surface area contributed by atoms with Crippen LogP contribution in [0.2, 0.25) is 10.0 Å². The van der Waals surface area contributed by atoms with Crippen LogP contribution in [0.25, 0.3) is 0 Å². The lowest BCUT2D eigenvalue weighted by molar-refractivity contribution is 0.0876. The van der Waals surface area contributed by atoms with Gasteiger partial charge in [0.25, 0.3) is 0 Å². The molecular formula is C15H18Cl2O. The van der Waals surface area contributed by atoms with Gasteiger partial charge in [-0.25, -0.2) is 0 Å².